The van der Waals surface area contributed by atoms with Crippen LogP contribution in [0.5, 0.6) is 0 Å². The summed E-state index contributed by atoms with van der Waals surface area (Å²) in [7, 11) is -0.358. The first-order chi connectivity index (χ1) is 7.40. The second kappa shape index (κ2) is 5.15. The van der Waals surface area contributed by atoms with E-state index in [0.717, 1.165) is 0 Å². The molecule has 2 aromatic rings. The first-order valence-electron chi connectivity index (χ1n) is 5.07. The number of benzene rings is 2. The maximum atomic E-state index is 5.92. The van der Waals surface area contributed by atoms with Crippen molar-refractivity contribution in [2.24, 2.45) is 0 Å². The van der Waals surface area contributed by atoms with Crippen molar-refractivity contribution in [3.8, 4) is 0 Å². The van der Waals surface area contributed by atoms with Gasteiger partial charge in [-0.2, -0.15) is 0 Å². The predicted molar refractivity (Wildman–Crippen MR) is 70.3 cm³/mol. The van der Waals surface area contributed by atoms with E-state index in [2.05, 4.69) is 54.6 Å². The average Bonchev–Trinajstić information content (AvgIpc) is 2.31. The smallest absolute Gasteiger partial charge is 0.0879 e. The highest BCUT2D eigenvalue weighted by atomic mass is 35.5. The number of alkyl halides is 1. The molecule has 0 fully saturated rings. The van der Waals surface area contributed by atoms with Crippen LogP contribution in [0.15, 0.2) is 54.6 Å². The Labute approximate surface area is 97.7 Å². The highest BCUT2D eigenvalue weighted by Crippen LogP contribution is 1.99. The van der Waals surface area contributed by atoms with Crippen LogP contribution in [0.2, 0.25) is 0 Å². The summed E-state index contributed by atoms with van der Waals surface area (Å²) in [4.78, 5) is 0. The maximum absolute atomic E-state index is 5.92. The van der Waals surface area contributed by atoms with Crippen LogP contribution in [0.4, 0.5) is 0 Å². The molecule has 0 spiro atoms. The molecule has 0 aromatic heterocycles. The Morgan fingerprint density at radius 1 is 0.867 bits per heavy atom. The molecule has 0 aliphatic rings. The summed E-state index contributed by atoms with van der Waals surface area (Å²) in [5, 5.41) is 2.92. The molecule has 0 bridgehead atoms. The molecule has 0 N–H and O–H groups in total. The van der Waals surface area contributed by atoms with Crippen LogP contribution in [-0.2, 0) is 5.88 Å². The van der Waals surface area contributed by atoms with Crippen LogP contribution in [0, 0.1) is 0 Å². The van der Waals surface area contributed by atoms with Crippen LogP contribution in [0.1, 0.15) is 5.56 Å². The van der Waals surface area contributed by atoms with E-state index >= 15 is 0 Å². The van der Waals surface area contributed by atoms with Crippen LogP contribution < -0.4 is 10.4 Å². The van der Waals surface area contributed by atoms with Gasteiger partial charge in [0, 0.05) is 5.88 Å². The quantitative estimate of drug-likeness (QED) is 0.557. The van der Waals surface area contributed by atoms with Crippen LogP contribution in [0.25, 0.3) is 0 Å². The topological polar surface area (TPSA) is 0 Å². The first kappa shape index (κ1) is 10.5. The van der Waals surface area contributed by atoms with Crippen LogP contribution in [-0.4, -0.2) is 9.52 Å². The fourth-order valence-corrected chi connectivity index (χ4v) is 3.77. The minimum atomic E-state index is -0.358. The van der Waals surface area contributed by atoms with Gasteiger partial charge in [-0.05, 0) is 5.56 Å². The van der Waals surface area contributed by atoms with Gasteiger partial charge in [0.25, 0.3) is 0 Å². The third-order valence-corrected chi connectivity index (χ3v) is 4.74. The summed E-state index contributed by atoms with van der Waals surface area (Å²) in [5.41, 5.74) is 1.29. The Bertz CT molecular complexity index is 426. The normalized spacial score (nSPS) is 11.0. The van der Waals surface area contributed by atoms with Gasteiger partial charge < -0.3 is 0 Å². The van der Waals surface area contributed by atoms with Gasteiger partial charge in [0.05, 0.1) is 9.52 Å². The Hall–Kier alpha value is -1.05. The monoisotopic (exact) mass is 232 g/mol. The standard InChI is InChI=1S/C13H13ClSi/c14-10-11-6-4-5-9-13(11)15-12-7-2-1-3-8-12/h1-9H,10,15H2. The fraction of sp³-hybridized carbons (Fsp3) is 0.0769. The fourth-order valence-electron chi connectivity index (χ4n) is 1.68. The molecule has 0 radical (unpaired) electrons. The molecule has 0 aliphatic carbocycles. The van der Waals surface area contributed by atoms with E-state index in [4.69, 9.17) is 11.6 Å². The van der Waals surface area contributed by atoms with Crippen molar-refractivity contribution in [3.05, 3.63) is 60.2 Å². The van der Waals surface area contributed by atoms with E-state index in [-0.39, 0.29) is 9.52 Å². The molecule has 0 atom stereocenters. The van der Waals surface area contributed by atoms with Crippen LogP contribution >= 0.6 is 11.6 Å². The van der Waals surface area contributed by atoms with Gasteiger partial charge in [0.15, 0.2) is 0 Å². The molecular weight excluding hydrogens is 220 g/mol. The summed E-state index contributed by atoms with van der Waals surface area (Å²) in [6.45, 7) is 0. The van der Waals surface area contributed by atoms with E-state index in [0.29, 0.717) is 5.88 Å². The molecule has 76 valence electrons. The molecule has 0 nitrogen and oxygen atoms in total. The molecule has 15 heavy (non-hydrogen) atoms. The minimum Gasteiger partial charge on any atom is -0.122 e. The van der Waals surface area contributed by atoms with Crippen LogP contribution in [0.3, 0.4) is 0 Å². The van der Waals surface area contributed by atoms with Crippen molar-refractivity contribution in [2.45, 2.75) is 5.88 Å². The lowest BCUT2D eigenvalue weighted by Crippen LogP contribution is -2.29. The Morgan fingerprint density at radius 3 is 2.27 bits per heavy atom. The van der Waals surface area contributed by atoms with Gasteiger partial charge in [-0.1, -0.05) is 65.0 Å². The van der Waals surface area contributed by atoms with Crippen molar-refractivity contribution in [3.63, 3.8) is 0 Å². The Morgan fingerprint density at radius 2 is 1.53 bits per heavy atom. The zero-order chi connectivity index (χ0) is 10.5. The van der Waals surface area contributed by atoms with Crippen molar-refractivity contribution in [1.29, 1.82) is 0 Å². The molecule has 2 heteroatoms. The number of hydrogen-bond donors (Lipinski definition) is 0. The van der Waals surface area contributed by atoms with Crippen molar-refractivity contribution in [1.82, 2.24) is 0 Å². The Balaban J connectivity index is 2.24. The largest absolute Gasteiger partial charge is 0.122 e. The molecule has 0 saturated carbocycles. The van der Waals surface area contributed by atoms with E-state index in [9.17, 15) is 0 Å². The van der Waals surface area contributed by atoms with E-state index in [1.807, 2.05) is 0 Å². The summed E-state index contributed by atoms with van der Waals surface area (Å²) in [6, 6.07) is 19.2. The van der Waals surface area contributed by atoms with Gasteiger partial charge in [-0.3, -0.25) is 0 Å². The average molecular weight is 233 g/mol. The third-order valence-electron chi connectivity index (χ3n) is 2.50. The van der Waals surface area contributed by atoms with Gasteiger partial charge in [0.2, 0.25) is 0 Å². The lowest BCUT2D eigenvalue weighted by atomic mass is 10.2. The molecular formula is C13H13ClSi. The summed E-state index contributed by atoms with van der Waals surface area (Å²) < 4.78 is 0. The van der Waals surface area contributed by atoms with Gasteiger partial charge in [0.1, 0.15) is 0 Å². The zero-order valence-corrected chi connectivity index (χ0v) is 10.7. The predicted octanol–water partition coefficient (Wildman–Crippen LogP) is 1.54. The molecule has 0 aliphatic heterocycles. The minimum absolute atomic E-state index is 0.358. The highest BCUT2D eigenvalue weighted by Gasteiger charge is 2.01. The zero-order valence-electron chi connectivity index (χ0n) is 8.49. The highest BCUT2D eigenvalue weighted by molar-refractivity contribution is 6.67. The van der Waals surface area contributed by atoms with Crippen molar-refractivity contribution >= 4 is 31.5 Å². The van der Waals surface area contributed by atoms with Crippen molar-refractivity contribution < 1.29 is 0 Å². The summed E-state index contributed by atoms with van der Waals surface area (Å²) in [5.74, 6) is 0.621. The molecule has 0 heterocycles. The molecule has 0 saturated heterocycles. The lowest BCUT2D eigenvalue weighted by Gasteiger charge is -2.05. The van der Waals surface area contributed by atoms with Crippen molar-refractivity contribution in [2.75, 3.05) is 0 Å². The third kappa shape index (κ3) is 2.71. The molecule has 0 amide bonds. The number of halogens is 1. The summed E-state index contributed by atoms with van der Waals surface area (Å²) in [6.07, 6.45) is 0. The molecule has 0 unspecified atom stereocenters. The second-order valence-electron chi connectivity index (χ2n) is 3.56. The number of hydrogen-bond acceptors (Lipinski definition) is 0. The number of rotatable bonds is 3. The first-order valence-corrected chi connectivity index (χ1v) is 7.01. The van der Waals surface area contributed by atoms with Gasteiger partial charge in [-0.15, -0.1) is 11.6 Å². The van der Waals surface area contributed by atoms with Gasteiger partial charge in [-0.25, -0.2) is 0 Å². The van der Waals surface area contributed by atoms with E-state index in [1.54, 1.807) is 0 Å². The van der Waals surface area contributed by atoms with E-state index < -0.39 is 0 Å². The molecule has 2 rings (SSSR count). The van der Waals surface area contributed by atoms with Gasteiger partial charge >= 0.3 is 0 Å². The van der Waals surface area contributed by atoms with E-state index in [1.165, 1.54) is 15.9 Å². The SMILES string of the molecule is ClCc1ccccc1[SiH2]c1ccccc1. The lowest BCUT2D eigenvalue weighted by molar-refractivity contribution is 1.44. The maximum Gasteiger partial charge on any atom is 0.0879 e. The Kier molecular flexibility index (Phi) is 3.59. The summed E-state index contributed by atoms with van der Waals surface area (Å²) >= 11 is 5.92. The second-order valence-corrected chi connectivity index (χ2v) is 5.76. The molecule has 2 aromatic carbocycles.